The Balaban J connectivity index is 2.15. The van der Waals surface area contributed by atoms with Crippen LogP contribution in [0.5, 0.6) is 0 Å². The number of pyridine rings is 1. The van der Waals surface area contributed by atoms with Crippen molar-refractivity contribution in [1.29, 1.82) is 0 Å². The van der Waals surface area contributed by atoms with Crippen LogP contribution in [0, 0.1) is 0 Å². The largest absolute Gasteiger partial charge is 0.389 e. The fourth-order valence-corrected chi connectivity index (χ4v) is 2.79. The number of aromatic nitrogens is 1. The molecule has 4 heteroatoms. The Kier molecular flexibility index (Phi) is 3.95. The molecule has 3 nitrogen and oxygen atoms in total. The van der Waals surface area contributed by atoms with Crippen molar-refractivity contribution in [1.82, 2.24) is 4.98 Å². The first-order chi connectivity index (χ1) is 8.46. The molecule has 2 unspecified atom stereocenters. The molecule has 0 bridgehead atoms. The highest BCUT2D eigenvalue weighted by molar-refractivity contribution is 6.31. The summed E-state index contributed by atoms with van der Waals surface area (Å²) in [6, 6.07) is 1.87. The molecule has 0 amide bonds. The Bertz CT molecular complexity index is 426. The lowest BCUT2D eigenvalue weighted by Crippen LogP contribution is -2.48. The summed E-state index contributed by atoms with van der Waals surface area (Å²) in [5.74, 6) is 0. The normalized spacial score (nSPS) is 32.4. The zero-order chi connectivity index (χ0) is 13.2. The number of ether oxygens (including phenoxy) is 1. The third kappa shape index (κ3) is 3.02. The van der Waals surface area contributed by atoms with E-state index in [-0.39, 0.29) is 5.60 Å². The Morgan fingerprint density at radius 1 is 1.56 bits per heavy atom. The van der Waals surface area contributed by atoms with Gasteiger partial charge in [-0.25, -0.2) is 0 Å². The van der Waals surface area contributed by atoms with Crippen molar-refractivity contribution in [2.24, 2.45) is 0 Å². The van der Waals surface area contributed by atoms with Crippen LogP contribution in [0.1, 0.15) is 38.7 Å². The molecule has 1 aliphatic rings. The van der Waals surface area contributed by atoms with Gasteiger partial charge in [-0.3, -0.25) is 4.98 Å². The van der Waals surface area contributed by atoms with Gasteiger partial charge in [-0.05, 0) is 31.4 Å². The SMILES string of the molecule is CCC1(C)CC(O)(Cc2ccncc2Cl)CCO1. The molecular weight excluding hydrogens is 250 g/mol. The number of halogens is 1. The van der Waals surface area contributed by atoms with Gasteiger partial charge in [-0.2, -0.15) is 0 Å². The molecule has 1 aromatic heterocycles. The lowest BCUT2D eigenvalue weighted by molar-refractivity contribution is -0.152. The molecule has 0 radical (unpaired) electrons. The average molecular weight is 270 g/mol. The molecule has 0 aliphatic carbocycles. The highest BCUT2D eigenvalue weighted by Crippen LogP contribution is 2.37. The predicted octanol–water partition coefficient (Wildman–Crippen LogP) is 2.99. The molecule has 1 fully saturated rings. The van der Waals surface area contributed by atoms with E-state index in [0.29, 0.717) is 30.9 Å². The molecule has 2 rings (SSSR count). The van der Waals surface area contributed by atoms with E-state index in [1.54, 1.807) is 12.4 Å². The third-order valence-corrected chi connectivity index (χ3v) is 4.19. The summed E-state index contributed by atoms with van der Waals surface area (Å²) in [5.41, 5.74) is -0.00457. The van der Waals surface area contributed by atoms with Crippen molar-refractivity contribution < 1.29 is 9.84 Å². The fourth-order valence-electron chi connectivity index (χ4n) is 2.60. The number of hydrogen-bond donors (Lipinski definition) is 1. The van der Waals surface area contributed by atoms with E-state index in [1.807, 2.05) is 6.07 Å². The van der Waals surface area contributed by atoms with Gasteiger partial charge in [0.1, 0.15) is 0 Å². The number of hydrogen-bond acceptors (Lipinski definition) is 3. The van der Waals surface area contributed by atoms with Crippen LogP contribution < -0.4 is 0 Å². The molecule has 18 heavy (non-hydrogen) atoms. The first kappa shape index (κ1) is 13.8. The summed E-state index contributed by atoms with van der Waals surface area (Å²) < 4.78 is 5.77. The van der Waals surface area contributed by atoms with Crippen LogP contribution in [0.25, 0.3) is 0 Å². The molecule has 2 atom stereocenters. The van der Waals surface area contributed by atoms with Gasteiger partial charge in [0.25, 0.3) is 0 Å². The topological polar surface area (TPSA) is 42.4 Å². The monoisotopic (exact) mass is 269 g/mol. The second-order valence-electron chi connectivity index (χ2n) is 5.45. The van der Waals surface area contributed by atoms with E-state index in [4.69, 9.17) is 16.3 Å². The first-order valence-electron chi connectivity index (χ1n) is 6.41. The maximum Gasteiger partial charge on any atom is 0.0737 e. The van der Waals surface area contributed by atoms with Gasteiger partial charge in [0.15, 0.2) is 0 Å². The quantitative estimate of drug-likeness (QED) is 0.917. The Morgan fingerprint density at radius 2 is 2.33 bits per heavy atom. The van der Waals surface area contributed by atoms with Crippen LogP contribution in [0.3, 0.4) is 0 Å². The standard InChI is InChI=1S/C14H20ClNO2/c1-3-13(2)10-14(17,5-7-18-13)8-11-4-6-16-9-12(11)15/h4,6,9,17H,3,5,7-8,10H2,1-2H3. The molecule has 0 aromatic carbocycles. The molecule has 0 saturated carbocycles. The zero-order valence-corrected chi connectivity index (χ0v) is 11.7. The molecule has 1 aliphatic heterocycles. The third-order valence-electron chi connectivity index (χ3n) is 3.84. The van der Waals surface area contributed by atoms with Crippen molar-refractivity contribution in [2.45, 2.75) is 50.7 Å². The minimum Gasteiger partial charge on any atom is -0.389 e. The van der Waals surface area contributed by atoms with Crippen molar-refractivity contribution in [3.8, 4) is 0 Å². The van der Waals surface area contributed by atoms with Crippen LogP contribution >= 0.6 is 11.6 Å². The van der Waals surface area contributed by atoms with Crippen LogP contribution in [0.4, 0.5) is 0 Å². The maximum absolute atomic E-state index is 10.8. The Hall–Kier alpha value is -0.640. The summed E-state index contributed by atoms with van der Waals surface area (Å²) in [4.78, 5) is 3.97. The minimum atomic E-state index is -0.728. The predicted molar refractivity (Wildman–Crippen MR) is 71.8 cm³/mol. The number of rotatable bonds is 3. The van der Waals surface area contributed by atoms with Crippen molar-refractivity contribution in [3.63, 3.8) is 0 Å². The highest BCUT2D eigenvalue weighted by Gasteiger charge is 2.41. The van der Waals surface area contributed by atoms with E-state index in [9.17, 15) is 5.11 Å². The van der Waals surface area contributed by atoms with Gasteiger partial charge < -0.3 is 9.84 Å². The van der Waals surface area contributed by atoms with E-state index in [0.717, 1.165) is 12.0 Å². The molecule has 1 aromatic rings. The van der Waals surface area contributed by atoms with Crippen LogP contribution in [0.2, 0.25) is 5.02 Å². The van der Waals surface area contributed by atoms with E-state index in [2.05, 4.69) is 18.8 Å². The second kappa shape index (κ2) is 5.16. The number of aliphatic hydroxyl groups is 1. The van der Waals surface area contributed by atoms with Gasteiger partial charge in [0.2, 0.25) is 0 Å². The molecule has 1 saturated heterocycles. The Labute approximate surface area is 113 Å². The van der Waals surface area contributed by atoms with E-state index in [1.165, 1.54) is 0 Å². The lowest BCUT2D eigenvalue weighted by Gasteiger charge is -2.43. The van der Waals surface area contributed by atoms with Gasteiger partial charge >= 0.3 is 0 Å². The van der Waals surface area contributed by atoms with Gasteiger partial charge in [-0.1, -0.05) is 18.5 Å². The van der Waals surface area contributed by atoms with Gasteiger partial charge in [0.05, 0.1) is 22.8 Å². The lowest BCUT2D eigenvalue weighted by atomic mass is 9.78. The molecule has 100 valence electrons. The maximum atomic E-state index is 10.8. The summed E-state index contributed by atoms with van der Waals surface area (Å²) in [6.07, 6.45) is 6.10. The summed E-state index contributed by atoms with van der Waals surface area (Å²) in [5, 5.41) is 11.4. The molecule has 2 heterocycles. The van der Waals surface area contributed by atoms with Gasteiger partial charge in [-0.15, -0.1) is 0 Å². The minimum absolute atomic E-state index is 0.230. The number of nitrogens with zero attached hydrogens (tertiary/aromatic N) is 1. The zero-order valence-electron chi connectivity index (χ0n) is 10.9. The summed E-state index contributed by atoms with van der Waals surface area (Å²) >= 11 is 6.11. The second-order valence-corrected chi connectivity index (χ2v) is 5.85. The molecule has 1 N–H and O–H groups in total. The smallest absolute Gasteiger partial charge is 0.0737 e. The van der Waals surface area contributed by atoms with E-state index < -0.39 is 5.60 Å². The summed E-state index contributed by atoms with van der Waals surface area (Å²) in [7, 11) is 0. The molecular formula is C14H20ClNO2. The highest BCUT2D eigenvalue weighted by atomic mass is 35.5. The first-order valence-corrected chi connectivity index (χ1v) is 6.79. The average Bonchev–Trinajstić information content (AvgIpc) is 2.32. The van der Waals surface area contributed by atoms with Crippen LogP contribution in [0.15, 0.2) is 18.5 Å². The Morgan fingerprint density at radius 3 is 3.00 bits per heavy atom. The van der Waals surface area contributed by atoms with E-state index >= 15 is 0 Å². The van der Waals surface area contributed by atoms with Crippen LogP contribution in [-0.4, -0.2) is 27.9 Å². The van der Waals surface area contributed by atoms with Gasteiger partial charge in [0, 0.05) is 25.2 Å². The van der Waals surface area contributed by atoms with Crippen molar-refractivity contribution in [3.05, 3.63) is 29.0 Å². The molecule has 0 spiro atoms. The fraction of sp³-hybridized carbons (Fsp3) is 0.643. The van der Waals surface area contributed by atoms with Crippen molar-refractivity contribution >= 4 is 11.6 Å². The van der Waals surface area contributed by atoms with Crippen LogP contribution in [-0.2, 0) is 11.2 Å². The summed E-state index contributed by atoms with van der Waals surface area (Å²) in [6.45, 7) is 4.75. The van der Waals surface area contributed by atoms with Crippen molar-refractivity contribution in [2.75, 3.05) is 6.61 Å².